The Kier molecular flexibility index (Phi) is 7.26. The van der Waals surface area contributed by atoms with Crippen LogP contribution < -0.4 is 10.6 Å². The zero-order chi connectivity index (χ0) is 32.1. The number of carbonyl (C=O) groups is 2. The number of hydrogen-bond acceptors (Lipinski definition) is 9. The first-order valence-corrected chi connectivity index (χ1v) is 20.1. The van der Waals surface area contributed by atoms with E-state index >= 15 is 0 Å². The van der Waals surface area contributed by atoms with Gasteiger partial charge >= 0.3 is 11.9 Å². The molecular formula is C38H44N2O5S2. The van der Waals surface area contributed by atoms with Crippen LogP contribution in [0.25, 0.3) is 0 Å². The molecule has 6 heterocycles. The Morgan fingerprint density at radius 1 is 1.09 bits per heavy atom. The summed E-state index contributed by atoms with van der Waals surface area (Å²) in [4.78, 5) is 28.3. The summed E-state index contributed by atoms with van der Waals surface area (Å²) in [5.74, 6) is 2.31. The van der Waals surface area contributed by atoms with E-state index in [0.717, 1.165) is 85.4 Å². The monoisotopic (exact) mass is 672 g/mol. The molecule has 6 aliphatic heterocycles. The number of cyclic esters (lactones) is 1. The summed E-state index contributed by atoms with van der Waals surface area (Å²) in [6.07, 6.45) is 21.7. The Hall–Kier alpha value is -2.62. The maximum atomic E-state index is 14.2. The smallest absolute Gasteiger partial charge is 0.340 e. The molecule has 9 bridgehead atoms. The van der Waals surface area contributed by atoms with Crippen LogP contribution in [0.3, 0.4) is 0 Å². The number of hydrogen-bond donors (Lipinski definition) is 3. The molecule has 7 nitrogen and oxygen atoms in total. The molecule has 3 N–H and O–H groups in total. The molecule has 1 saturated heterocycles. The van der Waals surface area contributed by atoms with Crippen LogP contribution in [0, 0.1) is 34.5 Å². The number of fused-ring (bicyclic) bond motifs is 6. The Labute approximate surface area is 284 Å². The molecule has 248 valence electrons. The molecule has 11 aliphatic rings. The predicted octanol–water partition coefficient (Wildman–Crippen LogP) is 7.22. The van der Waals surface area contributed by atoms with E-state index in [0.29, 0.717) is 18.6 Å². The number of rotatable bonds is 2. The Bertz CT molecular complexity index is 1680. The maximum absolute atomic E-state index is 14.2. The van der Waals surface area contributed by atoms with Crippen molar-refractivity contribution < 1.29 is 24.2 Å². The number of dihydropyridines is 2. The number of allylic oxidation sites excluding steroid dienone is 8. The van der Waals surface area contributed by atoms with E-state index in [1.165, 1.54) is 34.8 Å². The highest BCUT2D eigenvalue weighted by Gasteiger charge is 2.68. The van der Waals surface area contributed by atoms with Gasteiger partial charge in [0.2, 0.25) is 0 Å². The zero-order valence-corrected chi connectivity index (χ0v) is 28.9. The molecule has 0 radical (unpaired) electrons. The van der Waals surface area contributed by atoms with Gasteiger partial charge in [0.1, 0.15) is 28.1 Å². The van der Waals surface area contributed by atoms with E-state index in [4.69, 9.17) is 9.47 Å². The van der Waals surface area contributed by atoms with Crippen LogP contribution in [0.15, 0.2) is 81.2 Å². The molecule has 0 unspecified atom stereocenters. The number of nitrogens with one attached hydrogen (secondary N) is 2. The molecular weight excluding hydrogens is 629 g/mol. The molecule has 0 amide bonds. The fourth-order valence-electron chi connectivity index (χ4n) is 10.6. The number of carbonyl (C=O) groups excluding carboxylic acids is 2. The predicted molar refractivity (Wildman–Crippen MR) is 184 cm³/mol. The van der Waals surface area contributed by atoms with Crippen molar-refractivity contribution in [3.8, 4) is 0 Å². The van der Waals surface area contributed by atoms with Gasteiger partial charge in [-0.25, -0.2) is 9.59 Å². The van der Waals surface area contributed by atoms with Crippen LogP contribution in [0.1, 0.15) is 84.5 Å². The lowest BCUT2D eigenvalue weighted by Crippen LogP contribution is -2.52. The van der Waals surface area contributed by atoms with Crippen molar-refractivity contribution in [3.63, 3.8) is 0 Å². The second-order valence-corrected chi connectivity index (χ2v) is 17.7. The average Bonchev–Trinajstić information content (AvgIpc) is 3.77. The molecule has 0 aromatic heterocycles. The molecule has 0 aromatic rings. The van der Waals surface area contributed by atoms with Gasteiger partial charge in [0, 0.05) is 29.2 Å². The van der Waals surface area contributed by atoms with E-state index in [-0.39, 0.29) is 46.4 Å². The Morgan fingerprint density at radius 3 is 2.77 bits per heavy atom. The summed E-state index contributed by atoms with van der Waals surface area (Å²) >= 11 is 0. The van der Waals surface area contributed by atoms with Gasteiger partial charge in [-0.1, -0.05) is 72.1 Å². The van der Waals surface area contributed by atoms with Gasteiger partial charge in [-0.3, -0.25) is 0 Å². The standard InChI is InChI=1S/C38H44N2O5S2/c1-3-37(14-4-5-15-37)19-27-25-8-7-24-23-12-16-38(31(24)30(25)34(41)44-27)28-10-6-20(2)36(43)47-46-29-11-9-22-21(13-17-39-33(22)40-29)18-26(23)32(38)35(42)45-28/h9-11,13,19-20,23-24,29,31,36,39-40,43H,3-8,12,14-18H2,1-2H3/b27-19-,28-10+/t20-,23+,24+,29-,31-,36+,38+/m1/s1. The van der Waals surface area contributed by atoms with Gasteiger partial charge in [-0.2, -0.15) is 0 Å². The summed E-state index contributed by atoms with van der Waals surface area (Å²) in [5, 5.41) is 18.4. The minimum absolute atomic E-state index is 0.0484. The molecule has 0 aromatic carbocycles. The first kappa shape index (κ1) is 30.4. The molecule has 1 spiro atoms. The van der Waals surface area contributed by atoms with Gasteiger partial charge in [0.25, 0.3) is 0 Å². The zero-order valence-electron chi connectivity index (χ0n) is 27.2. The third-order valence-electron chi connectivity index (χ3n) is 13.0. The van der Waals surface area contributed by atoms with Crippen LogP contribution >= 0.6 is 21.6 Å². The van der Waals surface area contributed by atoms with E-state index < -0.39 is 10.9 Å². The SMILES string of the molecule is CCC1(/C=C2\OC(=O)C3=C2CC[C@H]2[C@@H]4CC[C@@]5(C6=C4CC4=CCNC7=C4C=C[C@H](N7)SS[C@H](O)[C@H](C)C/C=C\5OC6=O)[C@@H]32)CCCC1. The fourth-order valence-corrected chi connectivity index (χ4v) is 13.0. The van der Waals surface area contributed by atoms with Crippen molar-refractivity contribution in [3.05, 3.63) is 81.2 Å². The molecule has 47 heavy (non-hydrogen) atoms. The second kappa shape index (κ2) is 11.2. The highest BCUT2D eigenvalue weighted by atomic mass is 33.1. The highest BCUT2D eigenvalue weighted by molar-refractivity contribution is 8.77. The lowest BCUT2D eigenvalue weighted by Gasteiger charge is -2.56. The molecule has 11 rings (SSSR count). The van der Waals surface area contributed by atoms with Crippen molar-refractivity contribution in [2.45, 2.75) is 95.3 Å². The first-order valence-electron chi connectivity index (χ1n) is 17.8. The van der Waals surface area contributed by atoms with Crippen molar-refractivity contribution >= 4 is 33.5 Å². The number of esters is 2. The number of aliphatic hydroxyl groups is 1. The summed E-state index contributed by atoms with van der Waals surface area (Å²) < 4.78 is 12.6. The van der Waals surface area contributed by atoms with Crippen LogP contribution in [-0.2, 0) is 19.1 Å². The van der Waals surface area contributed by atoms with Crippen LogP contribution in [0.2, 0.25) is 0 Å². The van der Waals surface area contributed by atoms with Gasteiger partial charge in [0.15, 0.2) is 0 Å². The fraction of sp³-hybridized carbons (Fsp3) is 0.579. The summed E-state index contributed by atoms with van der Waals surface area (Å²) in [7, 11) is 3.11. The van der Waals surface area contributed by atoms with Crippen molar-refractivity contribution in [2.24, 2.45) is 34.5 Å². The van der Waals surface area contributed by atoms with Crippen molar-refractivity contribution in [1.82, 2.24) is 10.6 Å². The third kappa shape index (κ3) is 4.51. The molecule has 7 atom stereocenters. The second-order valence-electron chi connectivity index (χ2n) is 15.2. The quantitative estimate of drug-likeness (QED) is 0.208. The van der Waals surface area contributed by atoms with Gasteiger partial charge < -0.3 is 25.2 Å². The first-order chi connectivity index (χ1) is 22.8. The molecule has 9 heteroatoms. The minimum atomic E-state index is -0.683. The third-order valence-corrected chi connectivity index (χ3v) is 15.8. The Balaban J connectivity index is 1.21. The van der Waals surface area contributed by atoms with Gasteiger partial charge in [-0.15, -0.1) is 0 Å². The maximum Gasteiger partial charge on any atom is 0.340 e. The van der Waals surface area contributed by atoms with Crippen LogP contribution in [0.5, 0.6) is 0 Å². The molecule has 2 saturated carbocycles. The van der Waals surface area contributed by atoms with E-state index in [1.54, 1.807) is 10.8 Å². The van der Waals surface area contributed by atoms with Gasteiger partial charge in [0.05, 0.1) is 11.0 Å². The van der Waals surface area contributed by atoms with E-state index in [9.17, 15) is 14.7 Å². The van der Waals surface area contributed by atoms with Gasteiger partial charge in [-0.05, 0) is 98.7 Å². The minimum Gasteiger partial charge on any atom is -0.427 e. The largest absolute Gasteiger partial charge is 0.427 e. The van der Waals surface area contributed by atoms with Crippen molar-refractivity contribution in [2.75, 3.05) is 6.54 Å². The average molecular weight is 673 g/mol. The lowest BCUT2D eigenvalue weighted by molar-refractivity contribution is -0.135. The summed E-state index contributed by atoms with van der Waals surface area (Å²) in [6, 6.07) is 0. The number of aliphatic hydroxyl groups excluding tert-OH is 1. The molecule has 5 aliphatic carbocycles. The summed E-state index contributed by atoms with van der Waals surface area (Å²) in [5.41, 5.74) is 5.11. The highest BCUT2D eigenvalue weighted by Crippen LogP contribution is 2.71. The van der Waals surface area contributed by atoms with Crippen molar-refractivity contribution in [1.29, 1.82) is 0 Å². The topological polar surface area (TPSA) is 96.9 Å². The number of ether oxygens (including phenoxy) is 2. The lowest BCUT2D eigenvalue weighted by atomic mass is 9.44. The summed E-state index contributed by atoms with van der Waals surface area (Å²) in [6.45, 7) is 5.03. The van der Waals surface area contributed by atoms with E-state index in [2.05, 4.69) is 54.9 Å². The van der Waals surface area contributed by atoms with Crippen LogP contribution in [0.4, 0.5) is 0 Å². The van der Waals surface area contributed by atoms with E-state index in [1.807, 2.05) is 0 Å². The Morgan fingerprint density at radius 2 is 1.94 bits per heavy atom. The normalized spacial score (nSPS) is 40.4. The van der Waals surface area contributed by atoms with Crippen LogP contribution in [-0.4, -0.2) is 34.4 Å². The molecule has 3 fully saturated rings.